The zero-order chi connectivity index (χ0) is 11.0. The van der Waals surface area contributed by atoms with Crippen LogP contribution >= 0.6 is 0 Å². The summed E-state index contributed by atoms with van der Waals surface area (Å²) in [7, 11) is 2.30. The van der Waals surface area contributed by atoms with E-state index >= 15 is 0 Å². The van der Waals surface area contributed by atoms with Crippen molar-refractivity contribution in [1.82, 2.24) is 10.2 Å². The molecule has 0 aromatic rings. The summed E-state index contributed by atoms with van der Waals surface area (Å²) in [6.07, 6.45) is 6.86. The van der Waals surface area contributed by atoms with Gasteiger partial charge in [0.05, 0.1) is 6.61 Å². The lowest BCUT2D eigenvalue weighted by atomic mass is 9.78. The molecule has 0 aromatic carbocycles. The molecular weight excluding hydrogens is 200 g/mol. The fourth-order valence-electron chi connectivity index (χ4n) is 3.05. The Balaban J connectivity index is 1.45. The number of hydrogen-bond acceptors (Lipinski definition) is 3. The molecule has 3 heteroatoms. The number of likely N-dealkylation sites (N-methyl/N-ethyl adjacent to an activating group) is 1. The van der Waals surface area contributed by atoms with Gasteiger partial charge in [0.1, 0.15) is 0 Å². The van der Waals surface area contributed by atoms with Gasteiger partial charge in [-0.1, -0.05) is 0 Å². The van der Waals surface area contributed by atoms with E-state index in [-0.39, 0.29) is 0 Å². The van der Waals surface area contributed by atoms with E-state index in [9.17, 15) is 0 Å². The van der Waals surface area contributed by atoms with Crippen molar-refractivity contribution in [1.29, 1.82) is 0 Å². The highest BCUT2D eigenvalue weighted by molar-refractivity contribution is 4.93. The smallest absolute Gasteiger partial charge is 0.0622 e. The summed E-state index contributed by atoms with van der Waals surface area (Å²) in [6, 6.07) is 2.37. The molecule has 0 aromatic heterocycles. The van der Waals surface area contributed by atoms with Crippen molar-refractivity contribution >= 4 is 0 Å². The molecule has 3 aliphatic rings. The Kier molecular flexibility index (Phi) is 3.18. The molecule has 16 heavy (non-hydrogen) atoms. The molecule has 3 unspecified atom stereocenters. The molecule has 1 heterocycles. The molecule has 1 saturated heterocycles. The minimum Gasteiger partial charge on any atom is -0.380 e. The second-order valence-corrected chi connectivity index (χ2v) is 5.77. The van der Waals surface area contributed by atoms with Crippen molar-refractivity contribution < 1.29 is 4.74 Å². The van der Waals surface area contributed by atoms with Gasteiger partial charge in [0, 0.05) is 24.7 Å². The first-order chi connectivity index (χ1) is 7.84. The highest BCUT2D eigenvalue weighted by Crippen LogP contribution is 2.34. The van der Waals surface area contributed by atoms with Crippen molar-refractivity contribution in [3.05, 3.63) is 0 Å². The average Bonchev–Trinajstić information content (AvgIpc) is 2.90. The maximum Gasteiger partial charge on any atom is 0.0622 e. The van der Waals surface area contributed by atoms with Crippen LogP contribution in [0.4, 0.5) is 0 Å². The molecule has 2 saturated carbocycles. The summed E-state index contributed by atoms with van der Waals surface area (Å²) in [5, 5.41) is 3.68. The average molecular weight is 224 g/mol. The van der Waals surface area contributed by atoms with E-state index in [0.29, 0.717) is 6.04 Å². The molecule has 0 spiro atoms. The van der Waals surface area contributed by atoms with E-state index in [2.05, 4.69) is 17.3 Å². The minimum atomic E-state index is 0.689. The Labute approximate surface area is 98.5 Å². The zero-order valence-corrected chi connectivity index (χ0v) is 10.3. The molecule has 3 nitrogen and oxygen atoms in total. The van der Waals surface area contributed by atoms with Crippen LogP contribution < -0.4 is 5.32 Å². The van der Waals surface area contributed by atoms with Crippen LogP contribution in [-0.2, 0) is 4.74 Å². The highest BCUT2D eigenvalue weighted by Gasteiger charge is 2.38. The SMILES string of the molecule is CN(C1CCOC1)C1CCC1CNC1CC1. The molecule has 0 radical (unpaired) electrons. The molecule has 1 aliphatic heterocycles. The standard InChI is InChI=1S/C13H24N2O/c1-15(12-6-7-16-9-12)13-5-2-10(13)8-14-11-3-4-11/h10-14H,2-9H2,1H3. The van der Waals surface area contributed by atoms with Crippen LogP contribution in [0.5, 0.6) is 0 Å². The third-order valence-corrected chi connectivity index (χ3v) is 4.63. The first-order valence-electron chi connectivity index (χ1n) is 6.87. The van der Waals surface area contributed by atoms with Gasteiger partial charge >= 0.3 is 0 Å². The molecule has 3 atom stereocenters. The summed E-state index contributed by atoms with van der Waals surface area (Å²) in [5.41, 5.74) is 0. The van der Waals surface area contributed by atoms with Crippen LogP contribution in [0.2, 0.25) is 0 Å². The van der Waals surface area contributed by atoms with E-state index in [0.717, 1.165) is 31.2 Å². The predicted octanol–water partition coefficient (Wildman–Crippen LogP) is 1.24. The van der Waals surface area contributed by atoms with Gasteiger partial charge < -0.3 is 10.1 Å². The second-order valence-electron chi connectivity index (χ2n) is 5.77. The molecular formula is C13H24N2O. The topological polar surface area (TPSA) is 24.5 Å². The van der Waals surface area contributed by atoms with Crippen LogP contribution in [0.3, 0.4) is 0 Å². The number of nitrogens with one attached hydrogen (secondary N) is 1. The van der Waals surface area contributed by atoms with Crippen LogP contribution in [0.15, 0.2) is 0 Å². The monoisotopic (exact) mass is 224 g/mol. The van der Waals surface area contributed by atoms with E-state index in [4.69, 9.17) is 4.74 Å². The van der Waals surface area contributed by atoms with Crippen LogP contribution in [0.25, 0.3) is 0 Å². The Morgan fingerprint density at radius 1 is 1.19 bits per heavy atom. The molecule has 2 aliphatic carbocycles. The van der Waals surface area contributed by atoms with Crippen molar-refractivity contribution in [2.24, 2.45) is 5.92 Å². The fraction of sp³-hybridized carbons (Fsp3) is 1.00. The summed E-state index contributed by atoms with van der Waals surface area (Å²) in [5.74, 6) is 0.895. The lowest BCUT2D eigenvalue weighted by Crippen LogP contribution is -2.52. The van der Waals surface area contributed by atoms with Gasteiger partial charge in [-0.3, -0.25) is 4.90 Å². The Bertz CT molecular complexity index is 236. The second kappa shape index (κ2) is 4.63. The number of nitrogens with zero attached hydrogens (tertiary/aromatic N) is 1. The van der Waals surface area contributed by atoms with Gasteiger partial charge in [0.2, 0.25) is 0 Å². The van der Waals surface area contributed by atoms with E-state index in [1.165, 1.54) is 38.6 Å². The van der Waals surface area contributed by atoms with Gasteiger partial charge in [-0.25, -0.2) is 0 Å². The maximum atomic E-state index is 5.48. The lowest BCUT2D eigenvalue weighted by molar-refractivity contribution is 0.0437. The molecule has 0 bridgehead atoms. The van der Waals surface area contributed by atoms with Crippen molar-refractivity contribution in [2.75, 3.05) is 26.8 Å². The van der Waals surface area contributed by atoms with Crippen molar-refractivity contribution in [3.63, 3.8) is 0 Å². The first-order valence-corrected chi connectivity index (χ1v) is 6.87. The number of hydrogen-bond donors (Lipinski definition) is 1. The Hall–Kier alpha value is -0.120. The molecule has 1 N–H and O–H groups in total. The molecule has 3 fully saturated rings. The normalized spacial score (nSPS) is 39.0. The Morgan fingerprint density at radius 3 is 2.62 bits per heavy atom. The third-order valence-electron chi connectivity index (χ3n) is 4.63. The quantitative estimate of drug-likeness (QED) is 0.760. The molecule has 3 rings (SSSR count). The van der Waals surface area contributed by atoms with Crippen molar-refractivity contribution in [2.45, 2.75) is 50.2 Å². The highest BCUT2D eigenvalue weighted by atomic mass is 16.5. The lowest BCUT2D eigenvalue weighted by Gasteiger charge is -2.45. The molecule has 92 valence electrons. The summed E-state index contributed by atoms with van der Waals surface area (Å²) >= 11 is 0. The minimum absolute atomic E-state index is 0.689. The summed E-state index contributed by atoms with van der Waals surface area (Å²) < 4.78 is 5.48. The Morgan fingerprint density at radius 2 is 2.06 bits per heavy atom. The number of ether oxygens (including phenoxy) is 1. The van der Waals surface area contributed by atoms with Crippen LogP contribution in [0, 0.1) is 5.92 Å². The van der Waals surface area contributed by atoms with Crippen LogP contribution in [0.1, 0.15) is 32.1 Å². The summed E-state index contributed by atoms with van der Waals surface area (Å²) in [4.78, 5) is 2.59. The largest absolute Gasteiger partial charge is 0.380 e. The summed E-state index contributed by atoms with van der Waals surface area (Å²) in [6.45, 7) is 3.16. The van der Waals surface area contributed by atoms with Crippen LogP contribution in [-0.4, -0.2) is 49.8 Å². The van der Waals surface area contributed by atoms with Gasteiger partial charge in [0.25, 0.3) is 0 Å². The number of rotatable bonds is 5. The maximum absolute atomic E-state index is 5.48. The van der Waals surface area contributed by atoms with Gasteiger partial charge in [-0.2, -0.15) is 0 Å². The van der Waals surface area contributed by atoms with E-state index in [1.54, 1.807) is 0 Å². The third kappa shape index (κ3) is 2.27. The molecule has 0 amide bonds. The van der Waals surface area contributed by atoms with E-state index in [1.807, 2.05) is 0 Å². The van der Waals surface area contributed by atoms with Crippen molar-refractivity contribution in [3.8, 4) is 0 Å². The zero-order valence-electron chi connectivity index (χ0n) is 10.3. The predicted molar refractivity (Wildman–Crippen MR) is 64.5 cm³/mol. The first kappa shape index (κ1) is 11.0. The van der Waals surface area contributed by atoms with E-state index < -0.39 is 0 Å². The fourth-order valence-corrected chi connectivity index (χ4v) is 3.05. The van der Waals surface area contributed by atoms with Gasteiger partial charge in [-0.05, 0) is 51.6 Å². The van der Waals surface area contributed by atoms with Gasteiger partial charge in [0.15, 0.2) is 0 Å². The van der Waals surface area contributed by atoms with Gasteiger partial charge in [-0.15, -0.1) is 0 Å².